The van der Waals surface area contributed by atoms with Crippen LogP contribution in [0.5, 0.6) is 0 Å². The largest absolute Gasteiger partial charge is 0.380 e. The van der Waals surface area contributed by atoms with Crippen LogP contribution in [0.4, 0.5) is 5.69 Å². The summed E-state index contributed by atoms with van der Waals surface area (Å²) in [5.74, 6) is -0.338. The van der Waals surface area contributed by atoms with Gasteiger partial charge in [0.05, 0.1) is 17.2 Å². The number of rotatable bonds is 8. The summed E-state index contributed by atoms with van der Waals surface area (Å²) >= 11 is 0. The lowest BCUT2D eigenvalue weighted by atomic mass is 10.1. The number of carbonyl (C=O) groups excluding carboxylic acids is 1. The molecule has 1 N–H and O–H groups in total. The topological polar surface area (TPSA) is 75.7 Å². The fourth-order valence-corrected chi connectivity index (χ4v) is 4.18. The summed E-state index contributed by atoms with van der Waals surface area (Å²) in [5.41, 5.74) is 2.82. The van der Waals surface area contributed by atoms with E-state index in [0.717, 1.165) is 11.1 Å². The Balaban J connectivity index is 1.72. The van der Waals surface area contributed by atoms with E-state index >= 15 is 0 Å². The number of anilines is 1. The third-order valence-electron chi connectivity index (χ3n) is 4.66. The van der Waals surface area contributed by atoms with E-state index in [0.29, 0.717) is 18.8 Å². The molecule has 3 rings (SSSR count). The van der Waals surface area contributed by atoms with Crippen LogP contribution in [0.3, 0.4) is 0 Å². The summed E-state index contributed by atoms with van der Waals surface area (Å²) in [5, 5.41) is 2.83. The molecule has 0 aliphatic carbocycles. The third-order valence-corrected chi connectivity index (χ3v) is 6.44. The van der Waals surface area contributed by atoms with Crippen molar-refractivity contribution in [1.29, 1.82) is 0 Å². The smallest absolute Gasteiger partial charge is 0.264 e. The van der Waals surface area contributed by atoms with Gasteiger partial charge in [-0.15, -0.1) is 0 Å². The monoisotopic (exact) mass is 424 g/mol. The Labute approximate surface area is 177 Å². The van der Waals surface area contributed by atoms with Gasteiger partial charge in [0.25, 0.3) is 15.9 Å². The zero-order valence-corrected chi connectivity index (χ0v) is 17.7. The number of benzene rings is 3. The summed E-state index contributed by atoms with van der Waals surface area (Å²) < 4.78 is 32.2. The van der Waals surface area contributed by atoms with Crippen LogP contribution in [0.1, 0.15) is 21.5 Å². The molecule has 0 bridgehead atoms. The van der Waals surface area contributed by atoms with Crippen molar-refractivity contribution < 1.29 is 17.9 Å². The molecule has 30 heavy (non-hydrogen) atoms. The zero-order chi connectivity index (χ0) is 21.6. The predicted octanol–water partition coefficient (Wildman–Crippen LogP) is 3.59. The van der Waals surface area contributed by atoms with Crippen LogP contribution in [0.15, 0.2) is 83.8 Å². The number of carbonyl (C=O) groups is 1. The van der Waals surface area contributed by atoms with Gasteiger partial charge < -0.3 is 10.1 Å². The summed E-state index contributed by atoms with van der Waals surface area (Å²) in [6.07, 6.45) is 0. The number of methoxy groups -OCH3 is 1. The van der Waals surface area contributed by atoms with E-state index < -0.39 is 10.0 Å². The van der Waals surface area contributed by atoms with Gasteiger partial charge in [-0.05, 0) is 41.5 Å². The van der Waals surface area contributed by atoms with Crippen molar-refractivity contribution in [2.75, 3.05) is 18.5 Å². The third kappa shape index (κ3) is 5.06. The van der Waals surface area contributed by atoms with Crippen molar-refractivity contribution in [2.45, 2.75) is 18.0 Å². The van der Waals surface area contributed by atoms with E-state index in [1.54, 1.807) is 43.5 Å². The molecule has 0 radical (unpaired) electrons. The van der Waals surface area contributed by atoms with Gasteiger partial charge in [0.15, 0.2) is 0 Å². The molecular formula is C23H24N2O4S. The van der Waals surface area contributed by atoms with Crippen molar-refractivity contribution in [1.82, 2.24) is 5.32 Å². The Morgan fingerprint density at radius 2 is 1.60 bits per heavy atom. The molecule has 0 aliphatic rings. The molecule has 156 valence electrons. The second kappa shape index (κ2) is 9.56. The fourth-order valence-electron chi connectivity index (χ4n) is 2.94. The van der Waals surface area contributed by atoms with Gasteiger partial charge in [-0.1, -0.05) is 48.5 Å². The summed E-state index contributed by atoms with van der Waals surface area (Å²) in [4.78, 5) is 12.6. The van der Waals surface area contributed by atoms with E-state index in [4.69, 9.17) is 4.74 Å². The number of amides is 1. The molecule has 0 fully saturated rings. The number of sulfonamides is 1. The molecule has 0 unspecified atom stereocenters. The molecule has 3 aromatic carbocycles. The Bertz CT molecular complexity index is 1100. The van der Waals surface area contributed by atoms with E-state index in [1.165, 1.54) is 23.5 Å². The molecule has 0 atom stereocenters. The lowest BCUT2D eigenvalue weighted by Crippen LogP contribution is -2.27. The molecule has 0 heterocycles. The quantitative estimate of drug-likeness (QED) is 0.600. The number of nitrogens with zero attached hydrogens (tertiary/aromatic N) is 1. The maximum absolute atomic E-state index is 13.0. The van der Waals surface area contributed by atoms with Gasteiger partial charge in [-0.3, -0.25) is 9.10 Å². The molecule has 7 heteroatoms. The maximum Gasteiger partial charge on any atom is 0.264 e. The molecule has 6 nitrogen and oxygen atoms in total. The van der Waals surface area contributed by atoms with Crippen LogP contribution in [0.25, 0.3) is 0 Å². The average Bonchev–Trinajstić information content (AvgIpc) is 2.78. The Morgan fingerprint density at radius 1 is 0.933 bits per heavy atom. The van der Waals surface area contributed by atoms with Crippen molar-refractivity contribution in [3.05, 3.63) is 95.6 Å². The highest BCUT2D eigenvalue weighted by atomic mass is 32.2. The van der Waals surface area contributed by atoms with Crippen molar-refractivity contribution in [3.63, 3.8) is 0 Å². The molecule has 0 saturated heterocycles. The van der Waals surface area contributed by atoms with Crippen molar-refractivity contribution in [2.24, 2.45) is 0 Å². The van der Waals surface area contributed by atoms with Crippen LogP contribution < -0.4 is 9.62 Å². The fraction of sp³-hybridized carbons (Fsp3) is 0.174. The Kier molecular flexibility index (Phi) is 6.87. The van der Waals surface area contributed by atoms with Gasteiger partial charge in [-0.25, -0.2) is 8.42 Å². The zero-order valence-electron chi connectivity index (χ0n) is 16.9. The molecule has 0 saturated carbocycles. The van der Waals surface area contributed by atoms with Crippen LogP contribution in [-0.2, 0) is 27.9 Å². The Hall–Kier alpha value is -3.16. The molecule has 3 aromatic rings. The van der Waals surface area contributed by atoms with Gasteiger partial charge in [-0.2, -0.15) is 0 Å². The first-order chi connectivity index (χ1) is 14.4. The summed E-state index contributed by atoms with van der Waals surface area (Å²) in [6, 6.07) is 22.6. The maximum atomic E-state index is 13.0. The standard InChI is InChI=1S/C23H24N2O4S/c1-25(21-8-4-3-5-9-21)30(27,28)22-10-6-7-20(15-22)23(26)24-16-18-11-13-19(14-12-18)17-29-2/h3-15H,16-17H2,1-2H3,(H,24,26). The highest BCUT2D eigenvalue weighted by molar-refractivity contribution is 7.92. The first kappa shape index (κ1) is 21.5. The molecule has 0 aliphatic heterocycles. The first-order valence-electron chi connectivity index (χ1n) is 9.41. The van der Waals surface area contributed by atoms with E-state index in [1.807, 2.05) is 30.3 Å². The SMILES string of the molecule is COCc1ccc(CNC(=O)c2cccc(S(=O)(=O)N(C)c3ccccc3)c2)cc1. The number of nitrogens with one attached hydrogen (secondary N) is 1. The lowest BCUT2D eigenvalue weighted by Gasteiger charge is -2.19. The predicted molar refractivity (Wildman–Crippen MR) is 117 cm³/mol. The van der Waals surface area contributed by atoms with Crippen molar-refractivity contribution >= 4 is 21.6 Å². The van der Waals surface area contributed by atoms with E-state index in [9.17, 15) is 13.2 Å². The average molecular weight is 425 g/mol. The van der Waals surface area contributed by atoms with E-state index in [-0.39, 0.29) is 16.4 Å². The lowest BCUT2D eigenvalue weighted by molar-refractivity contribution is 0.0950. The number of hydrogen-bond donors (Lipinski definition) is 1. The first-order valence-corrected chi connectivity index (χ1v) is 10.8. The normalized spacial score (nSPS) is 11.1. The second-order valence-corrected chi connectivity index (χ2v) is 8.74. The molecule has 0 spiro atoms. The van der Waals surface area contributed by atoms with Gasteiger partial charge >= 0.3 is 0 Å². The highest BCUT2D eigenvalue weighted by Gasteiger charge is 2.22. The van der Waals surface area contributed by atoms with Crippen LogP contribution in [0.2, 0.25) is 0 Å². The number of hydrogen-bond acceptors (Lipinski definition) is 4. The van der Waals surface area contributed by atoms with Gasteiger partial charge in [0.1, 0.15) is 0 Å². The summed E-state index contributed by atoms with van der Waals surface area (Å²) in [6.45, 7) is 0.873. The van der Waals surface area contributed by atoms with Crippen molar-refractivity contribution in [3.8, 4) is 0 Å². The number of para-hydroxylation sites is 1. The minimum Gasteiger partial charge on any atom is -0.380 e. The molecule has 0 aromatic heterocycles. The van der Waals surface area contributed by atoms with E-state index in [2.05, 4.69) is 5.32 Å². The van der Waals surface area contributed by atoms with Crippen LogP contribution in [0, 0.1) is 0 Å². The van der Waals surface area contributed by atoms with Crippen LogP contribution >= 0.6 is 0 Å². The summed E-state index contributed by atoms with van der Waals surface area (Å²) in [7, 11) is -0.654. The minimum absolute atomic E-state index is 0.0606. The molecular weight excluding hydrogens is 400 g/mol. The highest BCUT2D eigenvalue weighted by Crippen LogP contribution is 2.22. The Morgan fingerprint density at radius 3 is 2.27 bits per heavy atom. The second-order valence-electron chi connectivity index (χ2n) is 6.77. The number of ether oxygens (including phenoxy) is 1. The molecule has 1 amide bonds. The minimum atomic E-state index is -3.78. The van der Waals surface area contributed by atoms with Gasteiger partial charge in [0.2, 0.25) is 0 Å². The van der Waals surface area contributed by atoms with Crippen LogP contribution in [-0.4, -0.2) is 28.5 Å². The van der Waals surface area contributed by atoms with Gasteiger partial charge in [0, 0.05) is 26.3 Å².